The van der Waals surface area contributed by atoms with Gasteiger partial charge in [-0.2, -0.15) is 0 Å². The van der Waals surface area contributed by atoms with Gasteiger partial charge in [-0.3, -0.25) is 4.79 Å². The fraction of sp³-hybridized carbons (Fsp3) is 0.0833. The number of nitrogens with one attached hydrogen (secondary N) is 1. The van der Waals surface area contributed by atoms with E-state index in [1.807, 2.05) is 30.4 Å². The Balaban J connectivity index is 2.43. The van der Waals surface area contributed by atoms with Crippen LogP contribution >= 0.6 is 0 Å². The van der Waals surface area contributed by atoms with Crippen molar-refractivity contribution in [1.29, 1.82) is 0 Å². The molecule has 0 bridgehead atoms. The van der Waals surface area contributed by atoms with Crippen LogP contribution in [0.1, 0.15) is 5.56 Å². The summed E-state index contributed by atoms with van der Waals surface area (Å²) in [5, 5.41) is 1.02. The fourth-order valence-electron chi connectivity index (χ4n) is 1.84. The van der Waals surface area contributed by atoms with Crippen molar-refractivity contribution in [3.63, 3.8) is 0 Å². The summed E-state index contributed by atoms with van der Waals surface area (Å²) in [5.74, 6) is 0.872. The van der Waals surface area contributed by atoms with Gasteiger partial charge in [0.15, 0.2) is 0 Å². The quantitative estimate of drug-likeness (QED) is 0.704. The lowest BCUT2D eigenvalue weighted by molar-refractivity contribution is 0.359. The third-order valence-corrected chi connectivity index (χ3v) is 2.53. The van der Waals surface area contributed by atoms with E-state index in [4.69, 9.17) is 4.74 Å². The molecule has 0 saturated heterocycles. The Morgan fingerprint density at radius 3 is 3.07 bits per heavy atom. The molecule has 0 aliphatic carbocycles. The van der Waals surface area contributed by atoms with E-state index in [2.05, 4.69) is 4.98 Å². The molecule has 1 aromatic heterocycles. The van der Waals surface area contributed by atoms with Gasteiger partial charge in [0.05, 0.1) is 0 Å². The zero-order valence-electron chi connectivity index (χ0n) is 7.99. The zero-order valence-corrected chi connectivity index (χ0v) is 7.99. The van der Waals surface area contributed by atoms with Crippen molar-refractivity contribution in [2.75, 3.05) is 6.61 Å². The van der Waals surface area contributed by atoms with Gasteiger partial charge in [0.25, 0.3) is 0 Å². The van der Waals surface area contributed by atoms with Crippen molar-refractivity contribution in [3.8, 4) is 5.75 Å². The van der Waals surface area contributed by atoms with Crippen molar-refractivity contribution < 1.29 is 4.74 Å². The first-order valence-electron chi connectivity index (χ1n) is 4.80. The molecule has 0 atom stereocenters. The molecular formula is C12H9NO2. The summed E-state index contributed by atoms with van der Waals surface area (Å²) in [6.07, 6.45) is 3.99. The maximum Gasteiger partial charge on any atom is 0.248 e. The van der Waals surface area contributed by atoms with E-state index < -0.39 is 0 Å². The van der Waals surface area contributed by atoms with Gasteiger partial charge in [-0.1, -0.05) is 6.08 Å². The Labute approximate surface area is 86.0 Å². The Morgan fingerprint density at radius 1 is 1.20 bits per heavy atom. The summed E-state index contributed by atoms with van der Waals surface area (Å²) < 4.78 is 5.48. The molecule has 0 radical (unpaired) electrons. The summed E-state index contributed by atoms with van der Waals surface area (Å²) in [7, 11) is 0. The summed E-state index contributed by atoms with van der Waals surface area (Å²) in [4.78, 5) is 13.9. The second-order valence-corrected chi connectivity index (χ2v) is 3.47. The molecule has 3 rings (SSSR count). The minimum Gasteiger partial charge on any atom is -0.489 e. The van der Waals surface area contributed by atoms with Gasteiger partial charge < -0.3 is 9.72 Å². The fourth-order valence-corrected chi connectivity index (χ4v) is 1.84. The molecule has 0 spiro atoms. The average molecular weight is 199 g/mol. The lowest BCUT2D eigenvalue weighted by atomic mass is 10.1. The number of aromatic nitrogens is 1. The van der Waals surface area contributed by atoms with Gasteiger partial charge in [-0.15, -0.1) is 0 Å². The van der Waals surface area contributed by atoms with Gasteiger partial charge in [-0.05, 0) is 24.3 Å². The smallest absolute Gasteiger partial charge is 0.248 e. The molecule has 2 aromatic rings. The summed E-state index contributed by atoms with van der Waals surface area (Å²) in [6, 6.07) is 7.11. The zero-order chi connectivity index (χ0) is 10.3. The first-order chi connectivity index (χ1) is 7.34. The van der Waals surface area contributed by atoms with Gasteiger partial charge in [0.2, 0.25) is 5.56 Å². The molecule has 1 N–H and O–H groups in total. The van der Waals surface area contributed by atoms with Crippen molar-refractivity contribution in [3.05, 3.63) is 46.3 Å². The second kappa shape index (κ2) is 2.98. The minimum atomic E-state index is -0.0804. The number of aromatic amines is 1. The monoisotopic (exact) mass is 199 g/mol. The lowest BCUT2D eigenvalue weighted by Gasteiger charge is -2.13. The molecule has 0 amide bonds. The van der Waals surface area contributed by atoms with E-state index in [0.717, 1.165) is 22.2 Å². The summed E-state index contributed by atoms with van der Waals surface area (Å²) >= 11 is 0. The molecule has 3 nitrogen and oxygen atoms in total. The Bertz CT molecular complexity index is 611. The normalized spacial score (nSPS) is 13.6. The highest BCUT2D eigenvalue weighted by molar-refractivity contribution is 5.91. The van der Waals surface area contributed by atoms with Crippen molar-refractivity contribution in [2.45, 2.75) is 0 Å². The van der Waals surface area contributed by atoms with Crippen LogP contribution in [-0.2, 0) is 0 Å². The summed E-state index contributed by atoms with van der Waals surface area (Å²) in [6.45, 7) is 0.613. The van der Waals surface area contributed by atoms with Crippen LogP contribution in [0.5, 0.6) is 5.75 Å². The predicted molar refractivity (Wildman–Crippen MR) is 59.1 cm³/mol. The average Bonchev–Trinajstić information content (AvgIpc) is 2.28. The molecule has 1 aliphatic heterocycles. The van der Waals surface area contributed by atoms with Crippen LogP contribution in [0.25, 0.3) is 17.0 Å². The van der Waals surface area contributed by atoms with Gasteiger partial charge in [-0.25, -0.2) is 0 Å². The Hall–Kier alpha value is -2.03. The van der Waals surface area contributed by atoms with E-state index in [9.17, 15) is 4.79 Å². The van der Waals surface area contributed by atoms with E-state index in [0.29, 0.717) is 6.61 Å². The molecule has 2 heterocycles. The van der Waals surface area contributed by atoms with E-state index in [1.54, 1.807) is 0 Å². The third-order valence-electron chi connectivity index (χ3n) is 2.53. The number of benzene rings is 1. The highest BCUT2D eigenvalue weighted by Gasteiger charge is 2.09. The standard InChI is InChI=1S/C12H9NO2/c14-12-6-3-8-9-2-1-7-15-11(9)5-4-10(8)13-12/h1-6H,7H2,(H,13,14). The molecule has 0 saturated carbocycles. The van der Waals surface area contributed by atoms with Crippen LogP contribution < -0.4 is 10.3 Å². The molecule has 1 aromatic carbocycles. The highest BCUT2D eigenvalue weighted by atomic mass is 16.5. The number of ether oxygens (including phenoxy) is 1. The Kier molecular flexibility index (Phi) is 1.65. The van der Waals surface area contributed by atoms with E-state index in [1.165, 1.54) is 6.07 Å². The highest BCUT2D eigenvalue weighted by Crippen LogP contribution is 2.29. The van der Waals surface area contributed by atoms with Crippen LogP contribution in [0.15, 0.2) is 35.1 Å². The SMILES string of the molecule is O=c1ccc2c3c(ccc2[nH]1)OCC=C3. The van der Waals surface area contributed by atoms with Gasteiger partial charge in [0, 0.05) is 22.5 Å². The lowest BCUT2D eigenvalue weighted by Crippen LogP contribution is -2.05. The Morgan fingerprint density at radius 2 is 2.13 bits per heavy atom. The molecule has 0 fully saturated rings. The van der Waals surface area contributed by atoms with Crippen molar-refractivity contribution in [1.82, 2.24) is 4.98 Å². The first kappa shape index (κ1) is 8.29. The van der Waals surface area contributed by atoms with E-state index >= 15 is 0 Å². The van der Waals surface area contributed by atoms with Gasteiger partial charge in [0.1, 0.15) is 12.4 Å². The molecule has 3 heteroatoms. The van der Waals surface area contributed by atoms with Crippen LogP contribution in [0.2, 0.25) is 0 Å². The maximum atomic E-state index is 11.1. The number of fused-ring (bicyclic) bond motifs is 3. The number of pyridine rings is 1. The predicted octanol–water partition coefficient (Wildman–Crippen LogP) is 1.93. The first-order valence-corrected chi connectivity index (χ1v) is 4.80. The number of hydrogen-bond donors (Lipinski definition) is 1. The second-order valence-electron chi connectivity index (χ2n) is 3.47. The van der Waals surface area contributed by atoms with Crippen LogP contribution in [0.4, 0.5) is 0 Å². The number of hydrogen-bond acceptors (Lipinski definition) is 2. The third kappa shape index (κ3) is 1.24. The molecule has 1 aliphatic rings. The largest absolute Gasteiger partial charge is 0.489 e. The topological polar surface area (TPSA) is 42.1 Å². The number of rotatable bonds is 0. The van der Waals surface area contributed by atoms with Crippen LogP contribution in [0.3, 0.4) is 0 Å². The molecule has 15 heavy (non-hydrogen) atoms. The van der Waals surface area contributed by atoms with Gasteiger partial charge >= 0.3 is 0 Å². The van der Waals surface area contributed by atoms with Crippen molar-refractivity contribution in [2.24, 2.45) is 0 Å². The van der Waals surface area contributed by atoms with E-state index in [-0.39, 0.29) is 5.56 Å². The molecular weight excluding hydrogens is 190 g/mol. The van der Waals surface area contributed by atoms with Crippen LogP contribution in [0, 0.1) is 0 Å². The molecule has 0 unspecified atom stereocenters. The van der Waals surface area contributed by atoms with Crippen molar-refractivity contribution >= 4 is 17.0 Å². The summed E-state index contributed by atoms with van der Waals surface area (Å²) in [5.41, 5.74) is 1.80. The number of H-pyrrole nitrogens is 1. The maximum absolute atomic E-state index is 11.1. The minimum absolute atomic E-state index is 0.0804. The van der Waals surface area contributed by atoms with Crippen LogP contribution in [-0.4, -0.2) is 11.6 Å². The molecule has 74 valence electrons.